The van der Waals surface area contributed by atoms with Crippen molar-refractivity contribution in [1.82, 2.24) is 5.32 Å². The Hall–Kier alpha value is -0.380. The van der Waals surface area contributed by atoms with E-state index in [-0.39, 0.29) is 5.25 Å². The minimum absolute atomic E-state index is 0.144. The molecule has 1 aromatic carbocycles. The molecule has 0 heterocycles. The molecule has 1 aromatic rings. The van der Waals surface area contributed by atoms with E-state index in [0.29, 0.717) is 22.9 Å². The van der Waals surface area contributed by atoms with Crippen LogP contribution < -0.4 is 5.32 Å². The second-order valence-corrected chi connectivity index (χ2v) is 7.90. The lowest BCUT2D eigenvalue weighted by Gasteiger charge is -2.39. The molecule has 1 saturated carbocycles. The number of halogens is 1. The monoisotopic (exact) mass is 313 g/mol. The Bertz CT molecular complexity index is 479. The molecule has 0 radical (unpaired) electrons. The number of benzene rings is 1. The van der Waals surface area contributed by atoms with Gasteiger partial charge in [-0.25, -0.2) is 0 Å². The van der Waals surface area contributed by atoms with Gasteiger partial charge in [0.1, 0.15) is 0 Å². The van der Waals surface area contributed by atoms with Crippen molar-refractivity contribution in [1.29, 1.82) is 0 Å². The van der Waals surface area contributed by atoms with Crippen molar-refractivity contribution < 1.29 is 4.21 Å². The average Bonchev–Trinajstić information content (AvgIpc) is 2.38. The van der Waals surface area contributed by atoms with Crippen LogP contribution in [0, 0.1) is 11.8 Å². The zero-order valence-electron chi connectivity index (χ0n) is 12.4. The fraction of sp³-hybridized carbons (Fsp3) is 0.625. The van der Waals surface area contributed by atoms with E-state index in [1.54, 1.807) is 0 Å². The smallest absolute Gasteiger partial charge is 0.0594 e. The van der Waals surface area contributed by atoms with Crippen LogP contribution in [0.15, 0.2) is 29.2 Å². The minimum Gasteiger partial charge on any atom is -0.313 e. The molecular weight excluding hydrogens is 290 g/mol. The number of nitrogens with one attached hydrogen (secondary N) is 1. The van der Waals surface area contributed by atoms with E-state index >= 15 is 0 Å². The van der Waals surface area contributed by atoms with Crippen molar-refractivity contribution in [2.24, 2.45) is 11.8 Å². The van der Waals surface area contributed by atoms with Crippen LogP contribution in [-0.2, 0) is 10.8 Å². The summed E-state index contributed by atoms with van der Waals surface area (Å²) in [4.78, 5) is 0.781. The van der Waals surface area contributed by atoms with Crippen LogP contribution in [0.3, 0.4) is 0 Å². The molecule has 2 nitrogen and oxygen atoms in total. The first-order valence-corrected chi connectivity index (χ1v) is 9.02. The maximum Gasteiger partial charge on any atom is 0.0594 e. The van der Waals surface area contributed by atoms with Crippen molar-refractivity contribution in [2.45, 2.75) is 49.8 Å². The summed E-state index contributed by atoms with van der Waals surface area (Å²) in [5.74, 6) is 1.13. The third-order valence-corrected chi connectivity index (χ3v) is 6.67. The van der Waals surface area contributed by atoms with E-state index in [2.05, 4.69) is 26.1 Å². The van der Waals surface area contributed by atoms with Crippen LogP contribution in [-0.4, -0.2) is 22.0 Å². The molecule has 4 heteroatoms. The lowest BCUT2D eigenvalue weighted by molar-refractivity contribution is 0.248. The number of rotatable bonds is 4. The van der Waals surface area contributed by atoms with Gasteiger partial charge in [0.25, 0.3) is 0 Å². The molecule has 0 aromatic heterocycles. The first kappa shape index (κ1) is 16.0. The van der Waals surface area contributed by atoms with Gasteiger partial charge in [0.05, 0.1) is 26.0 Å². The summed E-state index contributed by atoms with van der Waals surface area (Å²) in [6.45, 7) is 7.54. The van der Waals surface area contributed by atoms with Crippen LogP contribution in [0.5, 0.6) is 0 Å². The average molecular weight is 314 g/mol. The molecule has 0 spiro atoms. The fourth-order valence-corrected chi connectivity index (χ4v) is 5.57. The van der Waals surface area contributed by atoms with E-state index < -0.39 is 10.8 Å². The maximum absolute atomic E-state index is 13.0. The highest BCUT2D eigenvalue weighted by Gasteiger charge is 2.38. The Labute approximate surface area is 129 Å². The van der Waals surface area contributed by atoms with E-state index in [4.69, 9.17) is 11.6 Å². The molecule has 5 unspecified atom stereocenters. The Balaban J connectivity index is 2.27. The van der Waals surface area contributed by atoms with E-state index in [9.17, 15) is 4.21 Å². The predicted octanol–water partition coefficient (Wildman–Crippen LogP) is 3.86. The molecule has 20 heavy (non-hydrogen) atoms. The quantitative estimate of drug-likeness (QED) is 0.914. The van der Waals surface area contributed by atoms with Gasteiger partial charge in [-0.15, -0.1) is 0 Å². The van der Waals surface area contributed by atoms with Gasteiger partial charge in [-0.2, -0.15) is 0 Å². The van der Waals surface area contributed by atoms with Crippen LogP contribution in [0.25, 0.3) is 0 Å². The fourth-order valence-electron chi connectivity index (χ4n) is 3.41. The van der Waals surface area contributed by atoms with E-state index in [1.807, 2.05) is 24.3 Å². The summed E-state index contributed by atoms with van der Waals surface area (Å²) >= 11 is 6.23. The number of hydrogen-bond donors (Lipinski definition) is 1. The third kappa shape index (κ3) is 3.44. The lowest BCUT2D eigenvalue weighted by atomic mass is 9.80. The third-order valence-electron chi connectivity index (χ3n) is 4.15. The molecule has 1 aliphatic carbocycles. The highest BCUT2D eigenvalue weighted by atomic mass is 35.5. The van der Waals surface area contributed by atoms with Gasteiger partial charge in [-0.3, -0.25) is 4.21 Å². The highest BCUT2D eigenvalue weighted by Crippen LogP contribution is 2.35. The molecule has 5 atom stereocenters. The zero-order valence-corrected chi connectivity index (χ0v) is 14.0. The summed E-state index contributed by atoms with van der Waals surface area (Å²) in [5, 5.41) is 4.29. The molecule has 0 amide bonds. The molecule has 1 aliphatic rings. The van der Waals surface area contributed by atoms with Crippen LogP contribution in [0.2, 0.25) is 5.02 Å². The van der Waals surface area contributed by atoms with Gasteiger partial charge in [-0.05, 0) is 43.4 Å². The van der Waals surface area contributed by atoms with Gasteiger partial charge in [0.2, 0.25) is 0 Å². The maximum atomic E-state index is 13.0. The highest BCUT2D eigenvalue weighted by molar-refractivity contribution is 7.86. The van der Waals surface area contributed by atoms with Crippen LogP contribution >= 0.6 is 11.6 Å². The Morgan fingerprint density at radius 1 is 1.30 bits per heavy atom. The Kier molecular flexibility index (Phi) is 5.65. The molecule has 112 valence electrons. The van der Waals surface area contributed by atoms with Gasteiger partial charge in [-0.1, -0.05) is 44.5 Å². The molecule has 2 rings (SSSR count). The largest absolute Gasteiger partial charge is 0.313 e. The lowest BCUT2D eigenvalue weighted by Crippen LogP contribution is -2.50. The summed E-state index contributed by atoms with van der Waals surface area (Å²) in [7, 11) is -1.05. The second kappa shape index (κ2) is 7.06. The second-order valence-electron chi connectivity index (χ2n) is 5.91. The van der Waals surface area contributed by atoms with E-state index in [0.717, 1.165) is 24.3 Å². The SMILES string of the molecule is CCNC1CC(C)CC(C)C1S(=O)c1ccccc1Cl. The molecule has 0 saturated heterocycles. The first-order valence-electron chi connectivity index (χ1n) is 7.43. The molecule has 1 N–H and O–H groups in total. The minimum atomic E-state index is -1.05. The summed E-state index contributed by atoms with van der Waals surface area (Å²) in [6.07, 6.45) is 2.24. The van der Waals surface area contributed by atoms with Gasteiger partial charge < -0.3 is 5.32 Å². The molecule has 0 aliphatic heterocycles. The van der Waals surface area contributed by atoms with E-state index in [1.165, 1.54) is 0 Å². The van der Waals surface area contributed by atoms with Gasteiger partial charge >= 0.3 is 0 Å². The summed E-state index contributed by atoms with van der Waals surface area (Å²) in [5.41, 5.74) is 0. The molecule has 1 fully saturated rings. The van der Waals surface area contributed by atoms with Crippen molar-refractivity contribution >= 4 is 22.4 Å². The van der Waals surface area contributed by atoms with Gasteiger partial charge in [0, 0.05) is 6.04 Å². The van der Waals surface area contributed by atoms with Crippen molar-refractivity contribution in [2.75, 3.05) is 6.54 Å². The summed E-state index contributed by atoms with van der Waals surface area (Å²) < 4.78 is 13.0. The standard InChI is InChI=1S/C16H24ClNOS/c1-4-18-14-10-11(2)9-12(3)16(14)20(19)15-8-6-5-7-13(15)17/h5-8,11-12,14,16,18H,4,9-10H2,1-3H3. The van der Waals surface area contributed by atoms with Crippen LogP contribution in [0.1, 0.15) is 33.6 Å². The first-order chi connectivity index (χ1) is 9.54. The Morgan fingerprint density at radius 2 is 2.00 bits per heavy atom. The van der Waals surface area contributed by atoms with Crippen molar-refractivity contribution in [3.8, 4) is 0 Å². The normalized spacial score (nSPS) is 32.0. The summed E-state index contributed by atoms with van der Waals surface area (Å²) in [6, 6.07) is 7.84. The predicted molar refractivity (Wildman–Crippen MR) is 86.7 cm³/mol. The zero-order chi connectivity index (χ0) is 14.7. The Morgan fingerprint density at radius 3 is 2.65 bits per heavy atom. The topological polar surface area (TPSA) is 29.1 Å². The molecule has 0 bridgehead atoms. The van der Waals surface area contributed by atoms with Gasteiger partial charge in [0.15, 0.2) is 0 Å². The van der Waals surface area contributed by atoms with Crippen molar-refractivity contribution in [3.05, 3.63) is 29.3 Å². The molecular formula is C16H24ClNOS. The number of hydrogen-bond acceptors (Lipinski definition) is 2. The van der Waals surface area contributed by atoms with Crippen LogP contribution in [0.4, 0.5) is 0 Å². The van der Waals surface area contributed by atoms with Crippen molar-refractivity contribution in [3.63, 3.8) is 0 Å².